The molecule has 0 N–H and O–H groups in total. The van der Waals surface area contributed by atoms with Gasteiger partial charge in [0, 0.05) is 5.56 Å². The third-order valence-electron chi connectivity index (χ3n) is 8.30. The van der Waals surface area contributed by atoms with Crippen molar-refractivity contribution in [3.63, 3.8) is 0 Å². The summed E-state index contributed by atoms with van der Waals surface area (Å²) in [7, 11) is 0. The van der Waals surface area contributed by atoms with Crippen LogP contribution in [0.4, 0.5) is 13.2 Å². The van der Waals surface area contributed by atoms with Gasteiger partial charge in [-0.3, -0.25) is 0 Å². The number of fused-ring (bicyclic) bond motifs is 1. The molecule has 2 saturated carbocycles. The summed E-state index contributed by atoms with van der Waals surface area (Å²) >= 11 is 0. The van der Waals surface area contributed by atoms with Crippen LogP contribution in [-0.2, 0) is 6.61 Å². The van der Waals surface area contributed by atoms with Crippen LogP contribution in [0.2, 0.25) is 0 Å². The molecule has 0 radical (unpaired) electrons. The number of ether oxygens (including phenoxy) is 1. The molecule has 1 unspecified atom stereocenters. The largest absolute Gasteiger partial charge is 0.483 e. The molecule has 0 aliphatic heterocycles. The molecule has 0 bridgehead atoms. The molecule has 4 atom stereocenters. The van der Waals surface area contributed by atoms with Gasteiger partial charge in [0.05, 0.1) is 0 Å². The van der Waals surface area contributed by atoms with Gasteiger partial charge in [0.25, 0.3) is 0 Å². The van der Waals surface area contributed by atoms with Gasteiger partial charge < -0.3 is 4.74 Å². The maximum absolute atomic E-state index is 15.2. The minimum atomic E-state index is -0.833. The van der Waals surface area contributed by atoms with Crippen LogP contribution < -0.4 is 4.74 Å². The molecule has 0 heterocycles. The lowest BCUT2D eigenvalue weighted by Gasteiger charge is -2.42. The highest BCUT2D eigenvalue weighted by Gasteiger charge is 2.35. The second-order valence-electron chi connectivity index (χ2n) is 10.4. The van der Waals surface area contributed by atoms with E-state index in [9.17, 15) is 8.78 Å². The summed E-state index contributed by atoms with van der Waals surface area (Å²) in [6, 6.07) is 16.7. The van der Waals surface area contributed by atoms with E-state index in [1.54, 1.807) is 12.1 Å². The van der Waals surface area contributed by atoms with Crippen molar-refractivity contribution in [3.8, 4) is 16.9 Å². The maximum Gasteiger partial charge on any atom is 0.191 e. The zero-order chi connectivity index (χ0) is 24.4. The number of hydrogen-bond acceptors (Lipinski definition) is 1. The van der Waals surface area contributed by atoms with Crippen LogP contribution in [0.15, 0.2) is 60.7 Å². The summed E-state index contributed by atoms with van der Waals surface area (Å²) in [5.41, 5.74) is 2.20. The van der Waals surface area contributed by atoms with Gasteiger partial charge in [-0.25, -0.2) is 13.2 Å². The van der Waals surface area contributed by atoms with Crippen molar-refractivity contribution in [3.05, 3.63) is 89.2 Å². The number of halogens is 3. The van der Waals surface area contributed by atoms with Crippen molar-refractivity contribution >= 4 is 0 Å². The predicted molar refractivity (Wildman–Crippen MR) is 134 cm³/mol. The van der Waals surface area contributed by atoms with Gasteiger partial charge in [-0.1, -0.05) is 62.2 Å². The molecule has 3 aromatic rings. The summed E-state index contributed by atoms with van der Waals surface area (Å²) in [5.74, 6) is 0.260. The van der Waals surface area contributed by atoms with Crippen molar-refractivity contribution in [2.24, 2.45) is 17.8 Å². The van der Waals surface area contributed by atoms with Crippen molar-refractivity contribution < 1.29 is 17.9 Å². The third kappa shape index (κ3) is 5.27. The van der Waals surface area contributed by atoms with Crippen molar-refractivity contribution in [1.29, 1.82) is 0 Å². The van der Waals surface area contributed by atoms with Crippen LogP contribution >= 0.6 is 0 Å². The Morgan fingerprint density at radius 1 is 0.771 bits per heavy atom. The normalized spacial score (nSPS) is 24.1. The highest BCUT2D eigenvalue weighted by Crippen LogP contribution is 2.48. The minimum absolute atomic E-state index is 0.0550. The molecular formula is C31H33F3O. The van der Waals surface area contributed by atoms with E-state index in [1.165, 1.54) is 32.1 Å². The number of benzene rings is 3. The molecule has 2 fully saturated rings. The highest BCUT2D eigenvalue weighted by molar-refractivity contribution is 5.66. The van der Waals surface area contributed by atoms with E-state index in [2.05, 4.69) is 6.92 Å². The van der Waals surface area contributed by atoms with E-state index < -0.39 is 23.2 Å². The fraction of sp³-hybridized carbons (Fsp3) is 0.419. The van der Waals surface area contributed by atoms with Gasteiger partial charge in [-0.05, 0) is 90.7 Å². The van der Waals surface area contributed by atoms with E-state index in [1.807, 2.05) is 36.4 Å². The minimum Gasteiger partial charge on any atom is -0.483 e. The van der Waals surface area contributed by atoms with Gasteiger partial charge in [0.1, 0.15) is 12.4 Å². The molecule has 0 saturated heterocycles. The second kappa shape index (κ2) is 10.5. The Labute approximate surface area is 206 Å². The average molecular weight is 479 g/mol. The Balaban J connectivity index is 1.29. The Kier molecular flexibility index (Phi) is 7.17. The van der Waals surface area contributed by atoms with E-state index in [4.69, 9.17) is 4.74 Å². The van der Waals surface area contributed by atoms with Crippen LogP contribution in [0.3, 0.4) is 0 Å². The van der Waals surface area contributed by atoms with Gasteiger partial charge in [0.15, 0.2) is 17.4 Å². The fourth-order valence-corrected chi connectivity index (χ4v) is 6.26. The summed E-state index contributed by atoms with van der Waals surface area (Å²) in [6.45, 7) is 2.35. The van der Waals surface area contributed by atoms with E-state index in [0.29, 0.717) is 5.92 Å². The third-order valence-corrected chi connectivity index (χ3v) is 8.30. The van der Waals surface area contributed by atoms with E-state index >= 15 is 4.39 Å². The van der Waals surface area contributed by atoms with Crippen molar-refractivity contribution in [2.45, 2.75) is 64.4 Å². The average Bonchev–Trinajstić information content (AvgIpc) is 2.88. The Morgan fingerprint density at radius 2 is 1.49 bits per heavy atom. The monoisotopic (exact) mass is 478 g/mol. The van der Waals surface area contributed by atoms with Crippen molar-refractivity contribution in [2.75, 3.05) is 0 Å². The molecule has 4 heteroatoms. The van der Waals surface area contributed by atoms with E-state index in [-0.39, 0.29) is 17.7 Å². The SMILES string of the molecule is CCC1CC[C@@H]2C[C@H](c3ccc(-c4cc(F)c(OCc5ccccc5)c(F)c4)c(F)c3)CC[C@@H]2C1. The van der Waals surface area contributed by atoms with E-state index in [0.717, 1.165) is 53.9 Å². The molecule has 35 heavy (non-hydrogen) atoms. The quantitative estimate of drug-likeness (QED) is 0.343. The maximum atomic E-state index is 15.2. The highest BCUT2D eigenvalue weighted by atomic mass is 19.1. The van der Waals surface area contributed by atoms with Crippen LogP contribution in [0.25, 0.3) is 11.1 Å². The molecule has 0 spiro atoms. The lowest BCUT2D eigenvalue weighted by Crippen LogP contribution is -2.30. The van der Waals surface area contributed by atoms with Gasteiger partial charge in [-0.15, -0.1) is 0 Å². The van der Waals surface area contributed by atoms with Crippen LogP contribution in [-0.4, -0.2) is 0 Å². The summed E-state index contributed by atoms with van der Waals surface area (Å²) < 4.78 is 50.0. The number of rotatable bonds is 6. The first-order chi connectivity index (χ1) is 17.0. The molecule has 2 aliphatic carbocycles. The van der Waals surface area contributed by atoms with Gasteiger partial charge in [0.2, 0.25) is 0 Å². The van der Waals surface area contributed by atoms with Crippen LogP contribution in [0.1, 0.15) is 68.9 Å². The standard InChI is InChI=1S/C31H33F3O/c1-2-20-8-9-23-15-24(11-10-22(23)14-20)25-12-13-27(28(32)16-25)26-17-29(33)31(30(34)18-26)35-19-21-6-4-3-5-7-21/h3-7,12-13,16-18,20,22-24H,2,8-11,14-15,19H2,1H3/t20?,22-,23-,24-/m1/s1. The Morgan fingerprint density at radius 3 is 2.20 bits per heavy atom. The zero-order valence-electron chi connectivity index (χ0n) is 20.3. The lowest BCUT2D eigenvalue weighted by atomic mass is 9.63. The number of hydrogen-bond donors (Lipinski definition) is 0. The molecule has 0 aromatic heterocycles. The molecule has 3 aromatic carbocycles. The van der Waals surface area contributed by atoms with Gasteiger partial charge >= 0.3 is 0 Å². The second-order valence-corrected chi connectivity index (χ2v) is 10.4. The first kappa shape index (κ1) is 24.0. The summed E-state index contributed by atoms with van der Waals surface area (Å²) in [5, 5.41) is 0. The van der Waals surface area contributed by atoms with Crippen LogP contribution in [0, 0.1) is 35.2 Å². The molecule has 0 amide bonds. The summed E-state index contributed by atoms with van der Waals surface area (Å²) in [4.78, 5) is 0. The Bertz CT molecular complexity index is 1140. The van der Waals surface area contributed by atoms with Crippen LogP contribution in [0.5, 0.6) is 5.75 Å². The Hall–Kier alpha value is -2.75. The molecule has 184 valence electrons. The van der Waals surface area contributed by atoms with Gasteiger partial charge in [-0.2, -0.15) is 0 Å². The molecule has 2 aliphatic rings. The lowest BCUT2D eigenvalue weighted by molar-refractivity contribution is 0.116. The fourth-order valence-electron chi connectivity index (χ4n) is 6.26. The first-order valence-corrected chi connectivity index (χ1v) is 13.0. The smallest absolute Gasteiger partial charge is 0.191 e. The molecule has 5 rings (SSSR count). The molecule has 1 nitrogen and oxygen atoms in total. The van der Waals surface area contributed by atoms with Crippen molar-refractivity contribution in [1.82, 2.24) is 0 Å². The predicted octanol–water partition coefficient (Wildman–Crippen LogP) is 9.06. The zero-order valence-corrected chi connectivity index (χ0v) is 20.3. The molecular weight excluding hydrogens is 445 g/mol. The topological polar surface area (TPSA) is 9.23 Å². The first-order valence-electron chi connectivity index (χ1n) is 13.0. The summed E-state index contributed by atoms with van der Waals surface area (Å²) in [6.07, 6.45) is 8.67.